The van der Waals surface area contributed by atoms with Crippen LogP contribution in [0.2, 0.25) is 0 Å². The third-order valence-electron chi connectivity index (χ3n) is 2.37. The molecule has 1 aromatic carbocycles. The number of nitrogens with one attached hydrogen (secondary N) is 1. The zero-order valence-corrected chi connectivity index (χ0v) is 11.0. The number of methoxy groups -OCH3 is 1. The summed E-state index contributed by atoms with van der Waals surface area (Å²) in [6, 6.07) is 3.15. The van der Waals surface area contributed by atoms with Crippen LogP contribution in [0.4, 0.5) is 17.1 Å². The molecule has 1 aromatic rings. The summed E-state index contributed by atoms with van der Waals surface area (Å²) >= 11 is 0. The summed E-state index contributed by atoms with van der Waals surface area (Å²) < 4.78 is 4.43. The Morgan fingerprint density at radius 3 is 2.67 bits per heavy atom. The molecule has 0 unspecified atom stereocenters. The van der Waals surface area contributed by atoms with Gasteiger partial charge in [0.05, 0.1) is 29.4 Å². The van der Waals surface area contributed by atoms with E-state index in [9.17, 15) is 25.0 Å². The van der Waals surface area contributed by atoms with Gasteiger partial charge >= 0.3 is 11.7 Å². The van der Waals surface area contributed by atoms with E-state index in [1.165, 1.54) is 19.4 Å². The van der Waals surface area contributed by atoms with E-state index in [4.69, 9.17) is 0 Å². The van der Waals surface area contributed by atoms with Crippen molar-refractivity contribution in [2.75, 3.05) is 12.5 Å². The topological polar surface area (TPSA) is 137 Å². The lowest BCUT2D eigenvalue weighted by atomic mass is 10.2. The van der Waals surface area contributed by atoms with Crippen LogP contribution in [0.15, 0.2) is 23.3 Å². The number of carbonyl (C=O) groups is 1. The maximum absolute atomic E-state index is 10.8. The zero-order valence-electron chi connectivity index (χ0n) is 11.0. The normalized spacial score (nSPS) is 10.3. The molecule has 0 fully saturated rings. The van der Waals surface area contributed by atoms with Gasteiger partial charge in [0.15, 0.2) is 0 Å². The van der Waals surface area contributed by atoms with Crippen molar-refractivity contribution in [3.63, 3.8) is 0 Å². The smallest absolute Gasteiger partial charge is 0.305 e. The second-order valence-electron chi connectivity index (χ2n) is 3.75. The van der Waals surface area contributed by atoms with Gasteiger partial charge in [0.1, 0.15) is 5.69 Å². The Morgan fingerprint density at radius 1 is 1.38 bits per heavy atom. The molecule has 0 amide bonds. The van der Waals surface area contributed by atoms with Crippen molar-refractivity contribution in [2.45, 2.75) is 12.8 Å². The lowest BCUT2D eigenvalue weighted by molar-refractivity contribution is -0.393. The monoisotopic (exact) mass is 296 g/mol. The third-order valence-corrected chi connectivity index (χ3v) is 2.37. The van der Waals surface area contributed by atoms with E-state index in [-0.39, 0.29) is 17.8 Å². The lowest BCUT2D eigenvalue weighted by Gasteiger charge is -2.01. The summed E-state index contributed by atoms with van der Waals surface area (Å²) in [5.74, 6) is -0.400. The van der Waals surface area contributed by atoms with Crippen LogP contribution in [0, 0.1) is 20.2 Å². The highest BCUT2D eigenvalue weighted by Crippen LogP contribution is 2.28. The molecular formula is C11H12N4O6. The molecule has 0 spiro atoms. The first-order valence-electron chi connectivity index (χ1n) is 5.73. The number of carbonyl (C=O) groups excluding carboxylic acids is 1. The van der Waals surface area contributed by atoms with Crippen LogP contribution in [0.25, 0.3) is 0 Å². The molecule has 0 saturated carbocycles. The van der Waals surface area contributed by atoms with Gasteiger partial charge in [-0.05, 0) is 12.5 Å². The summed E-state index contributed by atoms with van der Waals surface area (Å²) in [7, 11) is 1.26. The molecule has 0 radical (unpaired) electrons. The second-order valence-corrected chi connectivity index (χ2v) is 3.75. The van der Waals surface area contributed by atoms with Gasteiger partial charge in [-0.15, -0.1) is 0 Å². The molecule has 0 aliphatic heterocycles. The number of non-ortho nitro benzene ring substituents is 1. The Hall–Kier alpha value is -3.04. The molecule has 0 aliphatic carbocycles. The van der Waals surface area contributed by atoms with Crippen molar-refractivity contribution < 1.29 is 19.4 Å². The average molecular weight is 296 g/mol. The van der Waals surface area contributed by atoms with Crippen molar-refractivity contribution in [1.29, 1.82) is 0 Å². The van der Waals surface area contributed by atoms with E-state index in [1.807, 2.05) is 0 Å². The predicted octanol–water partition coefficient (Wildman–Crippen LogP) is 1.85. The summed E-state index contributed by atoms with van der Waals surface area (Å²) in [5.41, 5.74) is 1.57. The first-order chi connectivity index (χ1) is 9.95. The molecule has 10 nitrogen and oxygen atoms in total. The Kier molecular flexibility index (Phi) is 5.74. The number of nitro benzene ring substituents is 2. The van der Waals surface area contributed by atoms with E-state index >= 15 is 0 Å². The average Bonchev–Trinajstić information content (AvgIpc) is 2.46. The number of rotatable bonds is 7. The molecule has 1 rings (SSSR count). The highest BCUT2D eigenvalue weighted by Gasteiger charge is 2.18. The fourth-order valence-electron chi connectivity index (χ4n) is 1.34. The van der Waals surface area contributed by atoms with Crippen molar-refractivity contribution in [3.8, 4) is 0 Å². The molecule has 0 atom stereocenters. The molecule has 21 heavy (non-hydrogen) atoms. The zero-order chi connectivity index (χ0) is 15.8. The van der Waals surface area contributed by atoms with Crippen LogP contribution >= 0.6 is 0 Å². The number of nitro groups is 2. The van der Waals surface area contributed by atoms with E-state index in [0.29, 0.717) is 6.42 Å². The Labute approximate surface area is 118 Å². The van der Waals surface area contributed by atoms with Crippen LogP contribution in [0.5, 0.6) is 0 Å². The molecule has 0 heterocycles. The highest BCUT2D eigenvalue weighted by atomic mass is 16.6. The van der Waals surface area contributed by atoms with Crippen molar-refractivity contribution in [3.05, 3.63) is 38.4 Å². The van der Waals surface area contributed by atoms with Crippen LogP contribution in [0.1, 0.15) is 12.8 Å². The van der Waals surface area contributed by atoms with Crippen LogP contribution in [-0.2, 0) is 9.53 Å². The van der Waals surface area contributed by atoms with Gasteiger partial charge in [-0.1, -0.05) is 0 Å². The Bertz CT molecular complexity index is 586. The maximum atomic E-state index is 10.8. The van der Waals surface area contributed by atoms with Gasteiger partial charge in [0.25, 0.3) is 5.69 Å². The van der Waals surface area contributed by atoms with Crippen molar-refractivity contribution in [1.82, 2.24) is 0 Å². The van der Waals surface area contributed by atoms with E-state index in [0.717, 1.165) is 12.1 Å². The molecule has 1 N–H and O–H groups in total. The second kappa shape index (κ2) is 7.53. The molecular weight excluding hydrogens is 284 g/mol. The molecule has 0 aromatic heterocycles. The fraction of sp³-hybridized carbons (Fsp3) is 0.273. The molecule has 10 heteroatoms. The van der Waals surface area contributed by atoms with Gasteiger partial charge in [-0.3, -0.25) is 30.4 Å². The first-order valence-corrected chi connectivity index (χ1v) is 5.73. The number of ether oxygens (including phenoxy) is 1. The van der Waals surface area contributed by atoms with Gasteiger partial charge in [0, 0.05) is 12.3 Å². The summed E-state index contributed by atoms with van der Waals surface area (Å²) in [5, 5.41) is 25.1. The molecule has 0 bridgehead atoms. The fourth-order valence-corrected chi connectivity index (χ4v) is 1.34. The van der Waals surface area contributed by atoms with Crippen LogP contribution in [0.3, 0.4) is 0 Å². The Morgan fingerprint density at radius 2 is 2.10 bits per heavy atom. The van der Waals surface area contributed by atoms with Gasteiger partial charge in [-0.25, -0.2) is 0 Å². The van der Waals surface area contributed by atoms with E-state index in [2.05, 4.69) is 15.3 Å². The minimum absolute atomic E-state index is 0.0138. The van der Waals surface area contributed by atoms with E-state index < -0.39 is 21.5 Å². The largest absolute Gasteiger partial charge is 0.469 e. The predicted molar refractivity (Wildman–Crippen MR) is 73.1 cm³/mol. The summed E-state index contributed by atoms with van der Waals surface area (Å²) in [4.78, 5) is 30.8. The molecule has 0 aliphatic rings. The number of anilines is 1. The Balaban J connectivity index is 2.74. The van der Waals surface area contributed by atoms with Gasteiger partial charge in [0.2, 0.25) is 0 Å². The number of hydrogen-bond acceptors (Lipinski definition) is 8. The summed E-state index contributed by atoms with van der Waals surface area (Å²) in [6.07, 6.45) is 1.77. The quantitative estimate of drug-likeness (QED) is 0.350. The lowest BCUT2D eigenvalue weighted by Crippen LogP contribution is -2.01. The summed E-state index contributed by atoms with van der Waals surface area (Å²) in [6.45, 7) is 0. The standard InChI is InChI=1S/C11H12N4O6/c1-21-11(16)3-2-6-12-13-9-5-4-8(14(17)18)7-10(9)15(19)20/h4-7,13H,2-3H2,1H3. The first kappa shape index (κ1) is 16.0. The van der Waals surface area contributed by atoms with Gasteiger partial charge in [-0.2, -0.15) is 5.10 Å². The van der Waals surface area contributed by atoms with Gasteiger partial charge < -0.3 is 4.74 Å². The maximum Gasteiger partial charge on any atom is 0.305 e. The number of esters is 1. The molecule has 0 saturated heterocycles. The number of hydrazone groups is 1. The van der Waals surface area contributed by atoms with E-state index in [1.54, 1.807) is 0 Å². The minimum Gasteiger partial charge on any atom is -0.469 e. The third kappa shape index (κ3) is 4.86. The number of nitrogens with zero attached hydrogens (tertiary/aromatic N) is 3. The van der Waals surface area contributed by atoms with Crippen molar-refractivity contribution >= 4 is 29.2 Å². The number of benzene rings is 1. The minimum atomic E-state index is -0.751. The SMILES string of the molecule is COC(=O)CCC=NNc1ccc([N+](=O)[O-])cc1[N+](=O)[O-]. The van der Waals surface area contributed by atoms with Crippen LogP contribution < -0.4 is 5.43 Å². The highest BCUT2D eigenvalue weighted by molar-refractivity contribution is 5.74. The molecule has 112 valence electrons. The number of hydrogen-bond donors (Lipinski definition) is 1. The van der Waals surface area contributed by atoms with Crippen molar-refractivity contribution in [2.24, 2.45) is 5.10 Å². The van der Waals surface area contributed by atoms with Crippen LogP contribution in [-0.4, -0.2) is 29.1 Å².